The highest BCUT2D eigenvalue weighted by Gasteiger charge is 2.13. The first-order valence-electron chi connectivity index (χ1n) is 9.30. The number of methoxy groups -OCH3 is 1. The van der Waals surface area contributed by atoms with Crippen LogP contribution in [0.5, 0.6) is 11.5 Å². The zero-order chi connectivity index (χ0) is 19.9. The van der Waals surface area contributed by atoms with Crippen LogP contribution in [0.1, 0.15) is 30.6 Å². The minimum absolute atomic E-state index is 0.259. The number of carbonyl (C=O) groups is 1. The molecule has 6 nitrogen and oxygen atoms in total. The van der Waals surface area contributed by atoms with Crippen LogP contribution in [0.25, 0.3) is 5.69 Å². The van der Waals surface area contributed by atoms with Crippen molar-refractivity contribution >= 4 is 11.7 Å². The topological polar surface area (TPSA) is 65.4 Å². The summed E-state index contributed by atoms with van der Waals surface area (Å²) in [6.45, 7) is 4.90. The van der Waals surface area contributed by atoms with Crippen LogP contribution in [0.3, 0.4) is 0 Å². The number of amides is 1. The molecule has 0 unspecified atom stereocenters. The number of anilines is 1. The van der Waals surface area contributed by atoms with E-state index in [2.05, 4.69) is 24.3 Å². The quantitative estimate of drug-likeness (QED) is 0.623. The second-order valence-electron chi connectivity index (χ2n) is 6.83. The normalized spacial score (nSPS) is 10.7. The standard InChI is InChI=1S/C22H25N3O3/c1-16(2)12-14-28-19-10-9-17(15-20(19)27-3)22(26)23-21-11-13-25(24-21)18-7-5-4-6-8-18/h4-11,13,15-16H,12,14H2,1-3H3,(H,23,24,26). The molecule has 0 spiro atoms. The van der Waals surface area contributed by atoms with Gasteiger partial charge in [-0.25, -0.2) is 4.68 Å². The number of nitrogens with one attached hydrogen (secondary N) is 1. The summed E-state index contributed by atoms with van der Waals surface area (Å²) in [6.07, 6.45) is 2.76. The molecule has 1 aromatic heterocycles. The highest BCUT2D eigenvalue weighted by molar-refractivity contribution is 6.04. The van der Waals surface area contributed by atoms with E-state index in [9.17, 15) is 4.79 Å². The summed E-state index contributed by atoms with van der Waals surface area (Å²) >= 11 is 0. The van der Waals surface area contributed by atoms with Gasteiger partial charge >= 0.3 is 0 Å². The van der Waals surface area contributed by atoms with Crippen molar-refractivity contribution in [2.24, 2.45) is 5.92 Å². The number of para-hydroxylation sites is 1. The lowest BCUT2D eigenvalue weighted by atomic mass is 10.1. The molecule has 0 bridgehead atoms. The van der Waals surface area contributed by atoms with Gasteiger partial charge in [0.15, 0.2) is 17.3 Å². The number of hydrogen-bond acceptors (Lipinski definition) is 4. The monoisotopic (exact) mass is 379 g/mol. The lowest BCUT2D eigenvalue weighted by Crippen LogP contribution is -2.13. The van der Waals surface area contributed by atoms with Crippen molar-refractivity contribution in [1.82, 2.24) is 9.78 Å². The Kier molecular flexibility index (Phi) is 6.32. The minimum Gasteiger partial charge on any atom is -0.493 e. The average molecular weight is 379 g/mol. The first kappa shape index (κ1) is 19.5. The number of hydrogen-bond donors (Lipinski definition) is 1. The summed E-state index contributed by atoms with van der Waals surface area (Å²) in [5.41, 5.74) is 1.40. The number of carbonyl (C=O) groups excluding carboxylic acids is 1. The molecule has 1 heterocycles. The molecule has 3 aromatic rings. The molecule has 2 aromatic carbocycles. The van der Waals surface area contributed by atoms with Gasteiger partial charge in [-0.05, 0) is 42.7 Å². The smallest absolute Gasteiger partial charge is 0.257 e. The zero-order valence-electron chi connectivity index (χ0n) is 16.4. The van der Waals surface area contributed by atoms with Crippen LogP contribution in [-0.4, -0.2) is 29.4 Å². The zero-order valence-corrected chi connectivity index (χ0v) is 16.4. The van der Waals surface area contributed by atoms with Crippen molar-refractivity contribution in [1.29, 1.82) is 0 Å². The third-order valence-corrected chi connectivity index (χ3v) is 4.23. The minimum atomic E-state index is -0.259. The maximum absolute atomic E-state index is 12.6. The molecule has 0 aliphatic heterocycles. The molecule has 1 amide bonds. The predicted molar refractivity (Wildman–Crippen MR) is 109 cm³/mol. The molecule has 0 fully saturated rings. The van der Waals surface area contributed by atoms with E-state index in [-0.39, 0.29) is 5.91 Å². The Bertz CT molecular complexity index is 920. The van der Waals surface area contributed by atoms with Crippen LogP contribution in [-0.2, 0) is 0 Å². The van der Waals surface area contributed by atoms with Gasteiger partial charge in [-0.15, -0.1) is 0 Å². The Morgan fingerprint density at radius 2 is 1.89 bits per heavy atom. The van der Waals surface area contributed by atoms with E-state index >= 15 is 0 Å². The molecule has 0 aliphatic rings. The van der Waals surface area contributed by atoms with Crippen molar-refractivity contribution in [3.63, 3.8) is 0 Å². The van der Waals surface area contributed by atoms with E-state index in [1.165, 1.54) is 0 Å². The van der Waals surface area contributed by atoms with E-state index in [0.717, 1.165) is 12.1 Å². The second kappa shape index (κ2) is 9.08. The molecule has 146 valence electrons. The number of nitrogens with zero attached hydrogens (tertiary/aromatic N) is 2. The van der Waals surface area contributed by atoms with E-state index in [1.54, 1.807) is 42.3 Å². The molecular formula is C22H25N3O3. The third kappa shape index (κ3) is 4.91. The Morgan fingerprint density at radius 3 is 2.61 bits per heavy atom. The van der Waals surface area contributed by atoms with Crippen LogP contribution < -0.4 is 14.8 Å². The fourth-order valence-corrected chi connectivity index (χ4v) is 2.64. The highest BCUT2D eigenvalue weighted by atomic mass is 16.5. The van der Waals surface area contributed by atoms with Crippen LogP contribution in [0.4, 0.5) is 5.82 Å². The maximum atomic E-state index is 12.6. The van der Waals surface area contributed by atoms with Crippen molar-refractivity contribution in [3.05, 3.63) is 66.4 Å². The van der Waals surface area contributed by atoms with Crippen molar-refractivity contribution in [2.75, 3.05) is 19.0 Å². The molecule has 28 heavy (non-hydrogen) atoms. The van der Waals surface area contributed by atoms with Gasteiger partial charge in [0.05, 0.1) is 19.4 Å². The van der Waals surface area contributed by atoms with E-state index in [0.29, 0.717) is 35.4 Å². The van der Waals surface area contributed by atoms with Crippen LogP contribution >= 0.6 is 0 Å². The summed E-state index contributed by atoms with van der Waals surface area (Å²) in [4.78, 5) is 12.6. The third-order valence-electron chi connectivity index (χ3n) is 4.23. The van der Waals surface area contributed by atoms with Gasteiger partial charge < -0.3 is 14.8 Å². The number of aromatic nitrogens is 2. The van der Waals surface area contributed by atoms with Gasteiger partial charge in [0, 0.05) is 17.8 Å². The number of ether oxygens (including phenoxy) is 2. The number of rotatable bonds is 8. The molecule has 6 heteroatoms. The van der Waals surface area contributed by atoms with Crippen LogP contribution in [0, 0.1) is 5.92 Å². The summed E-state index contributed by atoms with van der Waals surface area (Å²) in [5.74, 6) is 1.95. The molecule has 1 N–H and O–H groups in total. The van der Waals surface area contributed by atoms with E-state index in [1.807, 2.05) is 30.3 Å². The SMILES string of the molecule is COc1cc(C(=O)Nc2ccn(-c3ccccc3)n2)ccc1OCCC(C)C. The Hall–Kier alpha value is -3.28. The van der Waals surface area contributed by atoms with Crippen molar-refractivity contribution in [2.45, 2.75) is 20.3 Å². The summed E-state index contributed by atoms with van der Waals surface area (Å²) in [5, 5.41) is 7.20. The first-order chi connectivity index (χ1) is 13.6. The van der Waals surface area contributed by atoms with Crippen molar-refractivity contribution in [3.8, 4) is 17.2 Å². The summed E-state index contributed by atoms with van der Waals surface area (Å²) in [6, 6.07) is 16.6. The molecule has 0 radical (unpaired) electrons. The lowest BCUT2D eigenvalue weighted by Gasteiger charge is -2.13. The second-order valence-corrected chi connectivity index (χ2v) is 6.83. The molecular weight excluding hydrogens is 354 g/mol. The van der Waals surface area contributed by atoms with E-state index in [4.69, 9.17) is 9.47 Å². The van der Waals surface area contributed by atoms with Crippen LogP contribution in [0.15, 0.2) is 60.8 Å². The van der Waals surface area contributed by atoms with Gasteiger partial charge in [0.2, 0.25) is 0 Å². The molecule has 0 saturated heterocycles. The predicted octanol–water partition coefficient (Wildman–Crippen LogP) is 4.56. The Labute approximate surface area is 165 Å². The average Bonchev–Trinajstić information content (AvgIpc) is 3.17. The van der Waals surface area contributed by atoms with Gasteiger partial charge in [-0.3, -0.25) is 4.79 Å². The van der Waals surface area contributed by atoms with Gasteiger partial charge in [-0.1, -0.05) is 32.0 Å². The van der Waals surface area contributed by atoms with Crippen LogP contribution in [0.2, 0.25) is 0 Å². The summed E-state index contributed by atoms with van der Waals surface area (Å²) < 4.78 is 12.9. The fourth-order valence-electron chi connectivity index (χ4n) is 2.64. The largest absolute Gasteiger partial charge is 0.493 e. The fraction of sp³-hybridized carbons (Fsp3) is 0.273. The van der Waals surface area contributed by atoms with E-state index < -0.39 is 0 Å². The Morgan fingerprint density at radius 1 is 1.11 bits per heavy atom. The maximum Gasteiger partial charge on any atom is 0.257 e. The molecule has 0 saturated carbocycles. The van der Waals surface area contributed by atoms with Gasteiger partial charge in [0.1, 0.15) is 0 Å². The van der Waals surface area contributed by atoms with Crippen molar-refractivity contribution < 1.29 is 14.3 Å². The highest BCUT2D eigenvalue weighted by Crippen LogP contribution is 2.28. The summed E-state index contributed by atoms with van der Waals surface area (Å²) in [7, 11) is 1.56. The molecule has 0 aliphatic carbocycles. The number of benzene rings is 2. The lowest BCUT2D eigenvalue weighted by molar-refractivity contribution is 0.102. The molecule has 0 atom stereocenters. The first-order valence-corrected chi connectivity index (χ1v) is 9.30. The van der Waals surface area contributed by atoms with Gasteiger partial charge in [0.25, 0.3) is 5.91 Å². The molecule has 3 rings (SSSR count). The Balaban J connectivity index is 1.68. The van der Waals surface area contributed by atoms with Gasteiger partial charge in [-0.2, -0.15) is 5.10 Å².